The van der Waals surface area contributed by atoms with E-state index in [1.54, 1.807) is 6.20 Å². The first kappa shape index (κ1) is 23.8. The maximum atomic E-state index is 12.1. The molecule has 2 aliphatic heterocycles. The van der Waals surface area contributed by atoms with Crippen molar-refractivity contribution >= 4 is 9.84 Å². The van der Waals surface area contributed by atoms with Gasteiger partial charge in [-0.1, -0.05) is 6.07 Å². The van der Waals surface area contributed by atoms with Gasteiger partial charge in [0.05, 0.1) is 17.2 Å². The Morgan fingerprint density at radius 2 is 1.97 bits per heavy atom. The van der Waals surface area contributed by atoms with Crippen molar-refractivity contribution < 1.29 is 18.3 Å². The van der Waals surface area contributed by atoms with Gasteiger partial charge in [0.15, 0.2) is 9.84 Å². The van der Waals surface area contributed by atoms with Crippen LogP contribution in [-0.2, 0) is 22.0 Å². The summed E-state index contributed by atoms with van der Waals surface area (Å²) in [4.78, 5) is 7.19. The molecule has 5 rings (SSSR count). The van der Waals surface area contributed by atoms with Crippen molar-refractivity contribution in [1.82, 2.24) is 9.88 Å². The Kier molecular flexibility index (Phi) is 6.70. The number of sulfone groups is 1. The lowest BCUT2D eigenvalue weighted by Gasteiger charge is -2.46. The Hall–Kier alpha value is -1.96. The first-order chi connectivity index (χ1) is 16.4. The van der Waals surface area contributed by atoms with E-state index in [1.165, 1.54) is 18.4 Å². The fraction of sp³-hybridized carbons (Fsp3) is 0.593. The average Bonchev–Trinajstić information content (AvgIpc) is 3.69. The molecule has 2 fully saturated rings. The lowest BCUT2D eigenvalue weighted by molar-refractivity contribution is -0.0249. The fourth-order valence-electron chi connectivity index (χ4n) is 5.54. The van der Waals surface area contributed by atoms with Crippen molar-refractivity contribution in [3.8, 4) is 17.0 Å². The molecule has 1 spiro atoms. The minimum absolute atomic E-state index is 0.00482. The molecule has 184 valence electrons. The molecule has 1 aromatic carbocycles. The maximum absolute atomic E-state index is 12.1. The summed E-state index contributed by atoms with van der Waals surface area (Å²) in [5.74, 6) is 1.87. The zero-order chi connectivity index (χ0) is 23.8. The van der Waals surface area contributed by atoms with Gasteiger partial charge in [0.1, 0.15) is 11.4 Å². The number of aromatic nitrogens is 1. The number of rotatable bonds is 8. The monoisotopic (exact) mass is 484 g/mol. The molecule has 1 aliphatic carbocycles. The lowest BCUT2D eigenvalue weighted by atomic mass is 9.82. The summed E-state index contributed by atoms with van der Waals surface area (Å²) < 4.78 is 30.9. The number of ether oxygens (including phenoxy) is 1. The Morgan fingerprint density at radius 1 is 1.18 bits per heavy atom. The minimum Gasteiger partial charge on any atom is -0.487 e. The van der Waals surface area contributed by atoms with E-state index in [-0.39, 0.29) is 30.1 Å². The molecule has 1 saturated carbocycles. The number of pyridine rings is 1. The summed E-state index contributed by atoms with van der Waals surface area (Å²) >= 11 is 0. The standard InChI is InChI=1S/C27H36N2O4S/c1-20(22-4-5-22)29-13-11-27(12-14-29)10-9-24-17-23(6-8-26(24)33-27)25-7-3-21(18-28-25)19-34(31,32)16-2-15-30/h3,6-8,17-18,20,22,30H,2,4-5,9-16,19H2,1H3. The molecule has 1 unspecified atom stereocenters. The Labute approximate surface area is 203 Å². The van der Waals surface area contributed by atoms with Crippen LogP contribution in [0.1, 0.15) is 56.6 Å². The van der Waals surface area contributed by atoms with E-state index in [0.29, 0.717) is 5.56 Å². The number of piperidine rings is 1. The number of likely N-dealkylation sites (tertiary alicyclic amines) is 1. The van der Waals surface area contributed by atoms with Crippen LogP contribution < -0.4 is 4.74 Å². The van der Waals surface area contributed by atoms with Crippen LogP contribution in [0.15, 0.2) is 36.5 Å². The van der Waals surface area contributed by atoms with Crippen molar-refractivity contribution in [2.75, 3.05) is 25.4 Å². The number of hydrogen-bond acceptors (Lipinski definition) is 6. The molecule has 3 heterocycles. The highest BCUT2D eigenvalue weighted by Gasteiger charge is 2.42. The highest BCUT2D eigenvalue weighted by Crippen LogP contribution is 2.42. The van der Waals surface area contributed by atoms with Crippen LogP contribution in [0.2, 0.25) is 0 Å². The van der Waals surface area contributed by atoms with Crippen molar-refractivity contribution in [3.63, 3.8) is 0 Å². The van der Waals surface area contributed by atoms with Crippen molar-refractivity contribution in [3.05, 3.63) is 47.7 Å². The van der Waals surface area contributed by atoms with Gasteiger partial charge >= 0.3 is 0 Å². The first-order valence-corrected chi connectivity index (χ1v) is 14.5. The molecule has 0 amide bonds. The van der Waals surface area contributed by atoms with Gasteiger partial charge in [-0.05, 0) is 93.2 Å². The molecule has 1 atom stereocenters. The van der Waals surface area contributed by atoms with Gasteiger partial charge in [-0.15, -0.1) is 0 Å². The van der Waals surface area contributed by atoms with Crippen LogP contribution in [-0.4, -0.2) is 60.5 Å². The zero-order valence-corrected chi connectivity index (χ0v) is 20.9. The molecule has 2 aromatic rings. The Morgan fingerprint density at radius 3 is 2.65 bits per heavy atom. The summed E-state index contributed by atoms with van der Waals surface area (Å²) in [6.07, 6.45) is 9.00. The van der Waals surface area contributed by atoms with Crippen LogP contribution in [0.4, 0.5) is 0 Å². The number of aliphatic hydroxyl groups is 1. The second-order valence-electron chi connectivity index (χ2n) is 10.4. The van der Waals surface area contributed by atoms with Crippen LogP contribution in [0.3, 0.4) is 0 Å². The fourth-order valence-corrected chi connectivity index (χ4v) is 6.93. The van der Waals surface area contributed by atoms with E-state index < -0.39 is 9.84 Å². The number of nitrogens with zero attached hydrogens (tertiary/aromatic N) is 2. The second kappa shape index (κ2) is 9.59. The topological polar surface area (TPSA) is 79.7 Å². The van der Waals surface area contributed by atoms with Crippen LogP contribution >= 0.6 is 0 Å². The van der Waals surface area contributed by atoms with Crippen LogP contribution in [0.25, 0.3) is 11.3 Å². The van der Waals surface area contributed by atoms with E-state index in [9.17, 15) is 8.42 Å². The number of aryl methyl sites for hydroxylation is 1. The van der Waals surface area contributed by atoms with E-state index in [0.717, 1.165) is 67.7 Å². The third-order valence-corrected chi connectivity index (χ3v) is 9.63. The molecule has 6 nitrogen and oxygen atoms in total. The van der Waals surface area contributed by atoms with Gasteiger partial charge < -0.3 is 14.7 Å². The van der Waals surface area contributed by atoms with E-state index in [1.807, 2.05) is 12.1 Å². The van der Waals surface area contributed by atoms with Gasteiger partial charge in [0.2, 0.25) is 0 Å². The normalized spacial score (nSPS) is 21.1. The minimum atomic E-state index is -3.23. The third-order valence-electron chi connectivity index (χ3n) is 7.95. The molecule has 0 radical (unpaired) electrons. The summed E-state index contributed by atoms with van der Waals surface area (Å²) in [6, 6.07) is 10.8. The number of benzene rings is 1. The molecule has 1 N–H and O–H groups in total. The predicted molar refractivity (Wildman–Crippen MR) is 134 cm³/mol. The number of fused-ring (bicyclic) bond motifs is 1. The van der Waals surface area contributed by atoms with Crippen LogP contribution in [0.5, 0.6) is 5.75 Å². The van der Waals surface area contributed by atoms with Gasteiger partial charge in [-0.25, -0.2) is 8.42 Å². The molecule has 0 bridgehead atoms. The van der Waals surface area contributed by atoms with Gasteiger partial charge in [-0.3, -0.25) is 4.98 Å². The Balaban J connectivity index is 1.22. The summed E-state index contributed by atoms with van der Waals surface area (Å²) in [5.41, 5.74) is 3.75. The molecule has 34 heavy (non-hydrogen) atoms. The maximum Gasteiger partial charge on any atom is 0.154 e. The van der Waals surface area contributed by atoms with E-state index in [2.05, 4.69) is 35.0 Å². The molecular formula is C27H36N2O4S. The molecule has 1 saturated heterocycles. The lowest BCUT2D eigenvalue weighted by Crippen LogP contribution is -2.52. The second-order valence-corrected chi connectivity index (χ2v) is 12.6. The highest BCUT2D eigenvalue weighted by molar-refractivity contribution is 7.90. The number of hydrogen-bond donors (Lipinski definition) is 1. The molecule has 3 aliphatic rings. The van der Waals surface area contributed by atoms with Gasteiger partial charge in [-0.2, -0.15) is 0 Å². The predicted octanol–water partition coefficient (Wildman–Crippen LogP) is 4.00. The van der Waals surface area contributed by atoms with Crippen molar-refractivity contribution in [2.45, 2.75) is 69.3 Å². The molecular weight excluding hydrogens is 448 g/mol. The van der Waals surface area contributed by atoms with Crippen molar-refractivity contribution in [2.24, 2.45) is 5.92 Å². The van der Waals surface area contributed by atoms with Crippen molar-refractivity contribution in [1.29, 1.82) is 0 Å². The smallest absolute Gasteiger partial charge is 0.154 e. The summed E-state index contributed by atoms with van der Waals surface area (Å²) in [6.45, 7) is 4.55. The average molecular weight is 485 g/mol. The van der Waals surface area contributed by atoms with Gasteiger partial charge in [0, 0.05) is 37.5 Å². The SMILES string of the molecule is CC(C1CC1)N1CCC2(CCc3cc(-c4ccc(CS(=O)(=O)CCCO)cn4)ccc3O2)CC1. The summed E-state index contributed by atoms with van der Waals surface area (Å²) in [5, 5.41) is 8.88. The zero-order valence-electron chi connectivity index (χ0n) is 20.1. The Bertz CT molecular complexity index is 1100. The highest BCUT2D eigenvalue weighted by atomic mass is 32.2. The third kappa shape index (κ3) is 5.31. The van der Waals surface area contributed by atoms with Crippen LogP contribution in [0, 0.1) is 5.92 Å². The summed E-state index contributed by atoms with van der Waals surface area (Å²) in [7, 11) is -3.23. The van der Waals surface area contributed by atoms with E-state index >= 15 is 0 Å². The molecule has 7 heteroatoms. The first-order valence-electron chi connectivity index (χ1n) is 12.7. The largest absolute Gasteiger partial charge is 0.487 e. The quantitative estimate of drug-likeness (QED) is 0.610. The number of aliphatic hydroxyl groups excluding tert-OH is 1. The molecule has 1 aromatic heterocycles. The van der Waals surface area contributed by atoms with Gasteiger partial charge in [0.25, 0.3) is 0 Å². The van der Waals surface area contributed by atoms with E-state index in [4.69, 9.17) is 9.84 Å².